The molecule has 1 aliphatic heterocycles. The van der Waals surface area contributed by atoms with Gasteiger partial charge >= 0.3 is 0 Å². The summed E-state index contributed by atoms with van der Waals surface area (Å²) in [6, 6.07) is 18.9. The van der Waals surface area contributed by atoms with Crippen LogP contribution in [0.2, 0.25) is 0 Å². The summed E-state index contributed by atoms with van der Waals surface area (Å²) in [5.74, 6) is 0.382. The zero-order valence-corrected chi connectivity index (χ0v) is 36.6. The average molecular weight is 794 g/mol. The Hall–Kier alpha value is -3.41. The first kappa shape index (κ1) is 47.0. The maximum absolute atomic E-state index is 14.4. The highest BCUT2D eigenvalue weighted by Crippen LogP contribution is 2.32. The Labute approximate surface area is 342 Å². The van der Waals surface area contributed by atoms with Gasteiger partial charge in [-0.25, -0.2) is 0 Å². The van der Waals surface area contributed by atoms with Crippen molar-refractivity contribution < 1.29 is 23.9 Å². The van der Waals surface area contributed by atoms with E-state index in [0.29, 0.717) is 19.5 Å². The number of carbonyl (C=O) groups excluding carboxylic acids is 4. The number of carbonyl (C=O) groups is 4. The van der Waals surface area contributed by atoms with Crippen molar-refractivity contribution in [2.24, 2.45) is 17.8 Å². The lowest BCUT2D eigenvalue weighted by molar-refractivity contribution is -0.146. The first-order valence-electron chi connectivity index (χ1n) is 20.7. The van der Waals surface area contributed by atoms with E-state index in [1.54, 1.807) is 30.8 Å². The first-order valence-corrected chi connectivity index (χ1v) is 21.8. The van der Waals surface area contributed by atoms with E-state index >= 15 is 0 Å². The number of rotatable bonds is 23. The number of methoxy groups -OCH3 is 1. The van der Waals surface area contributed by atoms with Crippen molar-refractivity contribution in [3.63, 3.8) is 0 Å². The van der Waals surface area contributed by atoms with Gasteiger partial charge in [0, 0.05) is 45.0 Å². The molecular formula is C45H71N5O5S. The zero-order valence-electron chi connectivity index (χ0n) is 35.8. The molecule has 0 spiro atoms. The molecule has 7 atom stereocenters. The van der Waals surface area contributed by atoms with Crippen LogP contribution in [0.5, 0.6) is 0 Å². The molecule has 1 heterocycles. The molecule has 312 valence electrons. The Morgan fingerprint density at radius 1 is 0.875 bits per heavy atom. The lowest BCUT2D eigenvalue weighted by Gasteiger charge is -2.41. The molecule has 11 heteroatoms. The number of aryl methyl sites for hydroxylation is 1. The topological polar surface area (TPSA) is 111 Å². The van der Waals surface area contributed by atoms with E-state index in [9.17, 15) is 19.2 Å². The van der Waals surface area contributed by atoms with Crippen LogP contribution in [0.25, 0.3) is 0 Å². The van der Waals surface area contributed by atoms with Crippen LogP contribution < -0.4 is 10.6 Å². The SMILES string of the molecule is CCC(C)C(C(CC(=O)N1CCCC1C(CC(=O)NCCc1ccccc1)SCCc1ccccc1)OC)N(C)C(=O)C(NC(=O)C(C(C)C)N(C)C)C(C)C. The summed E-state index contributed by atoms with van der Waals surface area (Å²) >= 11 is 1.78. The van der Waals surface area contributed by atoms with Crippen LogP contribution in [0.15, 0.2) is 60.7 Å². The van der Waals surface area contributed by atoms with Gasteiger partial charge in [-0.1, -0.05) is 109 Å². The Kier molecular flexibility index (Phi) is 19.9. The van der Waals surface area contributed by atoms with Crippen molar-refractivity contribution >= 4 is 35.4 Å². The Morgan fingerprint density at radius 3 is 2.02 bits per heavy atom. The van der Waals surface area contributed by atoms with Gasteiger partial charge in [0.1, 0.15) is 6.04 Å². The molecule has 2 aromatic rings. The molecule has 1 aliphatic rings. The van der Waals surface area contributed by atoms with Gasteiger partial charge in [-0.05, 0) is 74.4 Å². The lowest BCUT2D eigenvalue weighted by Crippen LogP contribution is -2.59. The van der Waals surface area contributed by atoms with E-state index in [1.807, 2.05) is 88.0 Å². The minimum absolute atomic E-state index is 0.00118. The third-order valence-corrected chi connectivity index (χ3v) is 12.7. The summed E-state index contributed by atoms with van der Waals surface area (Å²) in [6.45, 7) is 13.2. The molecule has 2 N–H and O–H groups in total. The fourth-order valence-electron chi connectivity index (χ4n) is 8.14. The summed E-state index contributed by atoms with van der Waals surface area (Å²) in [6.07, 6.45) is 3.99. The molecule has 7 unspecified atom stereocenters. The number of nitrogens with zero attached hydrogens (tertiary/aromatic N) is 3. The number of amides is 4. The molecular weight excluding hydrogens is 723 g/mol. The highest BCUT2D eigenvalue weighted by Gasteiger charge is 2.41. The smallest absolute Gasteiger partial charge is 0.245 e. The molecule has 2 aromatic carbocycles. The van der Waals surface area contributed by atoms with E-state index < -0.39 is 18.2 Å². The molecule has 0 saturated carbocycles. The molecule has 3 rings (SSSR count). The maximum Gasteiger partial charge on any atom is 0.245 e. The molecule has 1 saturated heterocycles. The normalized spacial score (nSPS) is 17.7. The van der Waals surface area contributed by atoms with Crippen molar-refractivity contribution in [2.75, 3.05) is 47.1 Å². The van der Waals surface area contributed by atoms with E-state index in [1.165, 1.54) is 11.1 Å². The van der Waals surface area contributed by atoms with Crippen molar-refractivity contribution in [1.82, 2.24) is 25.3 Å². The number of hydrogen-bond acceptors (Lipinski definition) is 7. The average Bonchev–Trinajstić information content (AvgIpc) is 3.66. The predicted octanol–water partition coefficient (Wildman–Crippen LogP) is 6.08. The Balaban J connectivity index is 1.79. The second kappa shape index (κ2) is 23.7. The molecule has 56 heavy (non-hydrogen) atoms. The van der Waals surface area contributed by atoms with E-state index in [4.69, 9.17) is 4.74 Å². The zero-order chi connectivity index (χ0) is 41.4. The van der Waals surface area contributed by atoms with Crippen LogP contribution in [-0.4, -0.2) is 121 Å². The fourth-order valence-corrected chi connectivity index (χ4v) is 9.57. The minimum Gasteiger partial charge on any atom is -0.379 e. The molecule has 4 amide bonds. The molecule has 0 radical (unpaired) electrons. The van der Waals surface area contributed by atoms with E-state index in [2.05, 4.69) is 48.7 Å². The largest absolute Gasteiger partial charge is 0.379 e. The third-order valence-electron chi connectivity index (χ3n) is 11.3. The Bertz CT molecular complexity index is 1480. The maximum atomic E-state index is 14.4. The Morgan fingerprint density at radius 2 is 1.48 bits per heavy atom. The minimum atomic E-state index is -0.732. The number of likely N-dealkylation sites (tertiary alicyclic amines) is 1. The number of benzene rings is 2. The molecule has 0 aromatic heterocycles. The van der Waals surface area contributed by atoms with Crippen molar-refractivity contribution in [1.29, 1.82) is 0 Å². The number of thioether (sulfide) groups is 1. The van der Waals surface area contributed by atoms with Gasteiger partial charge < -0.3 is 25.2 Å². The highest BCUT2D eigenvalue weighted by molar-refractivity contribution is 8.00. The summed E-state index contributed by atoms with van der Waals surface area (Å²) in [5.41, 5.74) is 2.43. The van der Waals surface area contributed by atoms with Crippen LogP contribution >= 0.6 is 11.8 Å². The van der Waals surface area contributed by atoms with E-state index in [0.717, 1.165) is 37.9 Å². The van der Waals surface area contributed by atoms with Crippen molar-refractivity contribution in [3.05, 3.63) is 71.8 Å². The molecule has 1 fully saturated rings. The van der Waals surface area contributed by atoms with Gasteiger partial charge in [0.05, 0.1) is 24.6 Å². The molecule has 0 aliphatic carbocycles. The lowest BCUT2D eigenvalue weighted by atomic mass is 9.89. The van der Waals surface area contributed by atoms with Gasteiger partial charge in [-0.15, -0.1) is 0 Å². The van der Waals surface area contributed by atoms with Gasteiger partial charge in [0.2, 0.25) is 23.6 Å². The quantitative estimate of drug-likeness (QED) is 0.141. The number of likely N-dealkylation sites (N-methyl/N-ethyl adjacent to an activating group) is 2. The highest BCUT2D eigenvalue weighted by atomic mass is 32.2. The fraction of sp³-hybridized carbons (Fsp3) is 0.644. The van der Waals surface area contributed by atoms with Gasteiger partial charge in [-0.3, -0.25) is 24.1 Å². The number of nitrogens with one attached hydrogen (secondary N) is 2. The summed E-state index contributed by atoms with van der Waals surface area (Å²) in [7, 11) is 7.14. The first-order chi connectivity index (χ1) is 26.7. The summed E-state index contributed by atoms with van der Waals surface area (Å²) in [5, 5.41) is 6.15. The number of ether oxygens (including phenoxy) is 1. The van der Waals surface area contributed by atoms with Gasteiger partial charge in [0.25, 0.3) is 0 Å². The predicted molar refractivity (Wildman–Crippen MR) is 229 cm³/mol. The van der Waals surface area contributed by atoms with Gasteiger partial charge in [0.15, 0.2) is 0 Å². The van der Waals surface area contributed by atoms with Crippen LogP contribution in [0, 0.1) is 17.8 Å². The second-order valence-electron chi connectivity index (χ2n) is 16.4. The summed E-state index contributed by atoms with van der Waals surface area (Å²) < 4.78 is 6.11. The van der Waals surface area contributed by atoms with Crippen molar-refractivity contribution in [3.8, 4) is 0 Å². The number of hydrogen-bond donors (Lipinski definition) is 2. The van der Waals surface area contributed by atoms with Crippen LogP contribution in [0.3, 0.4) is 0 Å². The van der Waals surface area contributed by atoms with Gasteiger partial charge in [-0.2, -0.15) is 11.8 Å². The standard InChI is InChI=1S/C45H71N5O5S/c1-11-33(6)43(49(9)45(54)41(31(2)3)47-44(53)42(32(4)5)48(7)8)37(55-10)29-40(52)50-27-18-23-36(50)38(56-28-25-35-21-16-13-17-22-35)30-39(51)46-26-24-34-19-14-12-15-20-34/h12-17,19-22,31-33,36-38,41-43H,11,18,23-30H2,1-10H3,(H,46,51)(H,47,53). The second-order valence-corrected chi connectivity index (χ2v) is 17.8. The summed E-state index contributed by atoms with van der Waals surface area (Å²) in [4.78, 5) is 61.2. The van der Waals surface area contributed by atoms with Crippen LogP contribution in [-0.2, 0) is 36.8 Å². The van der Waals surface area contributed by atoms with Crippen molar-refractivity contribution in [2.45, 2.75) is 122 Å². The van der Waals surface area contributed by atoms with E-state index in [-0.39, 0.29) is 65.1 Å². The molecule has 0 bridgehead atoms. The monoisotopic (exact) mass is 794 g/mol. The third kappa shape index (κ3) is 13.9. The van der Waals surface area contributed by atoms with Crippen LogP contribution in [0.1, 0.15) is 84.8 Å². The van der Waals surface area contributed by atoms with Crippen LogP contribution in [0.4, 0.5) is 0 Å². The molecule has 10 nitrogen and oxygen atoms in total.